The molecule has 0 bridgehead atoms. The molecule has 4 heteroatoms. The van der Waals surface area contributed by atoms with Crippen molar-refractivity contribution in [3.63, 3.8) is 0 Å². The molecule has 1 rings (SSSR count). The van der Waals surface area contributed by atoms with Crippen LogP contribution in [0.3, 0.4) is 0 Å². The number of aromatic nitrogens is 2. The van der Waals surface area contributed by atoms with Crippen molar-refractivity contribution in [2.75, 3.05) is 0 Å². The molecule has 0 spiro atoms. The smallest absolute Gasteiger partial charge is 0.219 e. The second-order valence-electron chi connectivity index (χ2n) is 2.38. The van der Waals surface area contributed by atoms with E-state index in [4.69, 9.17) is 0 Å². The Morgan fingerprint density at radius 1 is 1.58 bits per heavy atom. The lowest BCUT2D eigenvalue weighted by atomic mass is 10.3. The van der Waals surface area contributed by atoms with E-state index in [1.165, 1.54) is 0 Å². The average Bonchev–Trinajstić information content (AvgIpc) is 2.16. The monoisotopic (exact) mass is 165 g/mol. The van der Waals surface area contributed by atoms with E-state index in [2.05, 4.69) is 15.5 Å². The fourth-order valence-corrected chi connectivity index (χ4v) is 0.748. The number of amides is 1. The van der Waals surface area contributed by atoms with Crippen LogP contribution in [0, 0.1) is 0 Å². The largest absolute Gasteiger partial charge is 0.352 e. The maximum Gasteiger partial charge on any atom is 0.219 e. The summed E-state index contributed by atoms with van der Waals surface area (Å²) in [5.41, 5.74) is 0.965. The summed E-state index contributed by atoms with van der Waals surface area (Å²) in [7, 11) is 0. The summed E-state index contributed by atoms with van der Waals surface area (Å²) < 4.78 is 0. The standard InChI is InChI=1S/C8H11N3O/c1-2-8(12)9-5-7-3-4-10-11-6-7/h3-4,6H,2,5H2,1H3,(H,9,12). The molecule has 64 valence electrons. The summed E-state index contributed by atoms with van der Waals surface area (Å²) in [6, 6.07) is 1.82. The number of carbonyl (C=O) groups is 1. The van der Waals surface area contributed by atoms with Crippen LogP contribution in [-0.2, 0) is 11.3 Å². The number of nitrogens with zero attached hydrogens (tertiary/aromatic N) is 2. The van der Waals surface area contributed by atoms with Gasteiger partial charge in [-0.3, -0.25) is 4.79 Å². The third-order valence-electron chi connectivity index (χ3n) is 1.46. The molecule has 0 radical (unpaired) electrons. The molecule has 0 fully saturated rings. The van der Waals surface area contributed by atoms with E-state index in [1.54, 1.807) is 12.4 Å². The van der Waals surface area contributed by atoms with Crippen molar-refractivity contribution in [1.29, 1.82) is 0 Å². The maximum absolute atomic E-state index is 10.8. The number of rotatable bonds is 3. The van der Waals surface area contributed by atoms with E-state index < -0.39 is 0 Å². The lowest BCUT2D eigenvalue weighted by molar-refractivity contribution is -0.120. The van der Waals surface area contributed by atoms with Crippen molar-refractivity contribution in [3.8, 4) is 0 Å². The highest BCUT2D eigenvalue weighted by Crippen LogP contribution is 1.92. The molecule has 1 aromatic rings. The molecule has 0 unspecified atom stereocenters. The molecule has 0 atom stereocenters. The molecule has 0 aromatic carbocycles. The molecule has 0 aliphatic carbocycles. The Labute approximate surface area is 71.0 Å². The van der Waals surface area contributed by atoms with Crippen LogP contribution in [0.4, 0.5) is 0 Å². The molecule has 0 saturated carbocycles. The second kappa shape index (κ2) is 4.43. The summed E-state index contributed by atoms with van der Waals surface area (Å²) in [6.07, 6.45) is 3.75. The summed E-state index contributed by atoms with van der Waals surface area (Å²) in [5, 5.41) is 10.1. The molecule has 4 nitrogen and oxygen atoms in total. The second-order valence-corrected chi connectivity index (χ2v) is 2.38. The first-order chi connectivity index (χ1) is 5.83. The Bertz CT molecular complexity index is 248. The third-order valence-corrected chi connectivity index (χ3v) is 1.46. The third kappa shape index (κ3) is 2.65. The average molecular weight is 165 g/mol. The summed E-state index contributed by atoms with van der Waals surface area (Å²) in [6.45, 7) is 2.35. The molecule has 0 aliphatic rings. The van der Waals surface area contributed by atoms with Gasteiger partial charge in [0.1, 0.15) is 0 Å². The van der Waals surface area contributed by atoms with Gasteiger partial charge in [-0.25, -0.2) is 0 Å². The summed E-state index contributed by atoms with van der Waals surface area (Å²) in [5.74, 6) is 0.0480. The van der Waals surface area contributed by atoms with Crippen molar-refractivity contribution < 1.29 is 4.79 Å². The SMILES string of the molecule is CCC(=O)NCc1ccnnc1. The van der Waals surface area contributed by atoms with Crippen LogP contribution >= 0.6 is 0 Å². The highest BCUT2D eigenvalue weighted by molar-refractivity contribution is 5.75. The fourth-order valence-electron chi connectivity index (χ4n) is 0.748. The Balaban J connectivity index is 2.38. The number of carbonyl (C=O) groups excluding carboxylic acids is 1. The predicted octanol–water partition coefficient (Wildman–Crippen LogP) is 0.503. The van der Waals surface area contributed by atoms with Gasteiger partial charge in [-0.05, 0) is 11.6 Å². The lowest BCUT2D eigenvalue weighted by Crippen LogP contribution is -2.21. The van der Waals surface area contributed by atoms with Gasteiger partial charge in [0.25, 0.3) is 0 Å². The van der Waals surface area contributed by atoms with Gasteiger partial charge in [0.15, 0.2) is 0 Å². The van der Waals surface area contributed by atoms with Gasteiger partial charge in [0.2, 0.25) is 5.91 Å². The zero-order valence-corrected chi connectivity index (χ0v) is 6.95. The molecule has 12 heavy (non-hydrogen) atoms. The Morgan fingerprint density at radius 3 is 3.00 bits per heavy atom. The molecular weight excluding hydrogens is 154 g/mol. The molecule has 1 N–H and O–H groups in total. The van der Waals surface area contributed by atoms with Crippen molar-refractivity contribution >= 4 is 5.91 Å². The molecule has 0 aliphatic heterocycles. The number of nitrogens with one attached hydrogen (secondary N) is 1. The highest BCUT2D eigenvalue weighted by Gasteiger charge is 1.96. The quantitative estimate of drug-likeness (QED) is 0.709. The normalized spacial score (nSPS) is 9.42. The van der Waals surface area contributed by atoms with Gasteiger partial charge in [0, 0.05) is 19.2 Å². The van der Waals surface area contributed by atoms with Crippen LogP contribution in [0.5, 0.6) is 0 Å². The number of hydrogen-bond acceptors (Lipinski definition) is 3. The fraction of sp³-hybridized carbons (Fsp3) is 0.375. The van der Waals surface area contributed by atoms with Crippen molar-refractivity contribution in [2.24, 2.45) is 0 Å². The molecule has 1 heterocycles. The van der Waals surface area contributed by atoms with Crippen molar-refractivity contribution in [2.45, 2.75) is 19.9 Å². The van der Waals surface area contributed by atoms with E-state index >= 15 is 0 Å². The molecule has 1 amide bonds. The highest BCUT2D eigenvalue weighted by atomic mass is 16.1. The number of hydrogen-bond donors (Lipinski definition) is 1. The minimum absolute atomic E-state index is 0.0480. The van der Waals surface area contributed by atoms with Crippen LogP contribution < -0.4 is 5.32 Å². The lowest BCUT2D eigenvalue weighted by Gasteiger charge is -2.01. The summed E-state index contributed by atoms with van der Waals surface area (Å²) in [4.78, 5) is 10.8. The minimum Gasteiger partial charge on any atom is -0.352 e. The van der Waals surface area contributed by atoms with Crippen LogP contribution in [-0.4, -0.2) is 16.1 Å². The maximum atomic E-state index is 10.8. The van der Waals surface area contributed by atoms with Crippen molar-refractivity contribution in [3.05, 3.63) is 24.0 Å². The first-order valence-electron chi connectivity index (χ1n) is 3.85. The predicted molar refractivity (Wildman–Crippen MR) is 44.2 cm³/mol. The minimum atomic E-state index is 0.0480. The Morgan fingerprint density at radius 2 is 2.42 bits per heavy atom. The first kappa shape index (κ1) is 8.64. The zero-order chi connectivity index (χ0) is 8.81. The van der Waals surface area contributed by atoms with E-state index in [9.17, 15) is 4.79 Å². The van der Waals surface area contributed by atoms with E-state index in [0.29, 0.717) is 13.0 Å². The molecular formula is C8H11N3O. The van der Waals surface area contributed by atoms with Gasteiger partial charge in [-0.1, -0.05) is 6.92 Å². The van der Waals surface area contributed by atoms with Gasteiger partial charge >= 0.3 is 0 Å². The molecule has 0 saturated heterocycles. The van der Waals surface area contributed by atoms with Crippen LogP contribution in [0.1, 0.15) is 18.9 Å². The van der Waals surface area contributed by atoms with Gasteiger partial charge in [-0.15, -0.1) is 0 Å². The summed E-state index contributed by atoms with van der Waals surface area (Å²) >= 11 is 0. The van der Waals surface area contributed by atoms with E-state index in [0.717, 1.165) is 5.56 Å². The van der Waals surface area contributed by atoms with Crippen LogP contribution in [0.25, 0.3) is 0 Å². The van der Waals surface area contributed by atoms with E-state index in [-0.39, 0.29) is 5.91 Å². The zero-order valence-electron chi connectivity index (χ0n) is 6.95. The van der Waals surface area contributed by atoms with E-state index in [1.807, 2.05) is 13.0 Å². The Hall–Kier alpha value is -1.45. The van der Waals surface area contributed by atoms with Crippen molar-refractivity contribution in [1.82, 2.24) is 15.5 Å². The van der Waals surface area contributed by atoms with Gasteiger partial charge in [-0.2, -0.15) is 10.2 Å². The first-order valence-corrected chi connectivity index (χ1v) is 3.85. The van der Waals surface area contributed by atoms with Gasteiger partial charge in [0.05, 0.1) is 6.20 Å². The van der Waals surface area contributed by atoms with Crippen LogP contribution in [0.2, 0.25) is 0 Å². The topological polar surface area (TPSA) is 54.9 Å². The van der Waals surface area contributed by atoms with Crippen LogP contribution in [0.15, 0.2) is 18.5 Å². The van der Waals surface area contributed by atoms with Gasteiger partial charge < -0.3 is 5.32 Å². The Kier molecular flexibility index (Phi) is 3.19. The molecule has 1 aromatic heterocycles.